The van der Waals surface area contributed by atoms with Crippen LogP contribution in [-0.2, 0) is 16.0 Å². The van der Waals surface area contributed by atoms with Crippen LogP contribution in [0.15, 0.2) is 30.9 Å². The predicted octanol–water partition coefficient (Wildman–Crippen LogP) is 4.92. The molecular weight excluding hydrogens is 607 g/mol. The molecular formula is C38H55FN6O3. The zero-order valence-electron chi connectivity index (χ0n) is 28.8. The van der Waals surface area contributed by atoms with Crippen LogP contribution in [0.4, 0.5) is 4.39 Å². The largest absolute Gasteiger partial charge is 0.484 e. The fraction of sp³-hybridized carbons (Fsp3) is 0.737. The average molecular weight is 663 g/mol. The quantitative estimate of drug-likeness (QED) is 0.398. The third-order valence-electron chi connectivity index (χ3n) is 12.8. The number of carbonyl (C=O) groups is 1. The molecule has 6 unspecified atom stereocenters. The van der Waals surface area contributed by atoms with Crippen molar-refractivity contribution in [2.45, 2.75) is 126 Å². The number of fused-ring (bicyclic) bond motifs is 2. The van der Waals surface area contributed by atoms with Crippen molar-refractivity contribution in [2.24, 2.45) is 11.8 Å². The Morgan fingerprint density at radius 3 is 2.67 bits per heavy atom. The van der Waals surface area contributed by atoms with Crippen molar-refractivity contribution in [1.82, 2.24) is 25.3 Å². The van der Waals surface area contributed by atoms with Crippen LogP contribution in [0.1, 0.15) is 89.0 Å². The molecule has 3 saturated heterocycles. The van der Waals surface area contributed by atoms with Gasteiger partial charge in [-0.15, -0.1) is 0 Å². The second kappa shape index (κ2) is 14.4. The number of nitriles is 1. The number of halogens is 1. The van der Waals surface area contributed by atoms with E-state index in [2.05, 4.69) is 40.1 Å². The molecule has 6 aliphatic rings. The molecule has 48 heavy (non-hydrogen) atoms. The summed E-state index contributed by atoms with van der Waals surface area (Å²) in [5.74, 6) is 0.702. The van der Waals surface area contributed by atoms with E-state index in [9.17, 15) is 14.4 Å². The molecule has 4 aliphatic heterocycles. The third-order valence-corrected chi connectivity index (χ3v) is 12.8. The number of carbonyl (C=O) groups excluding carboxylic acids is 1. The smallest absolute Gasteiger partial charge is 0.246 e. The van der Waals surface area contributed by atoms with E-state index < -0.39 is 5.60 Å². The molecule has 7 atom stereocenters. The lowest BCUT2D eigenvalue weighted by Gasteiger charge is -2.64. The maximum absolute atomic E-state index is 15.0. The SMILES string of the molecule is C=CC(=O)N1CCN(C2(C3CCCCCCC3)NC(OCC3CCCN3C)NC3C[C@]4(CCC32)Cc2cccc(F)c2O4)CC1CC#N. The highest BCUT2D eigenvalue weighted by Crippen LogP contribution is 2.52. The molecule has 9 nitrogen and oxygen atoms in total. The molecule has 2 N–H and O–H groups in total. The van der Waals surface area contributed by atoms with Crippen LogP contribution in [0.25, 0.3) is 0 Å². The van der Waals surface area contributed by atoms with Gasteiger partial charge in [-0.2, -0.15) is 5.26 Å². The average Bonchev–Trinajstić information content (AvgIpc) is 3.65. The first-order valence-corrected chi connectivity index (χ1v) is 18.7. The molecule has 1 spiro atoms. The van der Waals surface area contributed by atoms with Gasteiger partial charge in [-0.1, -0.05) is 50.8 Å². The van der Waals surface area contributed by atoms with E-state index in [0.29, 0.717) is 37.4 Å². The van der Waals surface area contributed by atoms with Gasteiger partial charge < -0.3 is 19.3 Å². The maximum atomic E-state index is 15.0. The normalized spacial score (nSPS) is 36.4. The van der Waals surface area contributed by atoms with Crippen LogP contribution >= 0.6 is 0 Å². The number of benzene rings is 1. The zero-order chi connectivity index (χ0) is 33.3. The molecule has 7 rings (SSSR count). The lowest BCUT2D eigenvalue weighted by atomic mass is 9.62. The van der Waals surface area contributed by atoms with Gasteiger partial charge >= 0.3 is 0 Å². The van der Waals surface area contributed by atoms with Gasteiger partial charge in [0, 0.05) is 56.0 Å². The van der Waals surface area contributed by atoms with Crippen LogP contribution in [0.3, 0.4) is 0 Å². The van der Waals surface area contributed by atoms with Crippen LogP contribution in [0, 0.1) is 29.0 Å². The van der Waals surface area contributed by atoms with E-state index in [0.717, 1.165) is 63.6 Å². The summed E-state index contributed by atoms with van der Waals surface area (Å²) in [6.07, 6.45) is 15.4. The third kappa shape index (κ3) is 6.42. The highest BCUT2D eigenvalue weighted by molar-refractivity contribution is 5.87. The van der Waals surface area contributed by atoms with Crippen molar-refractivity contribution in [1.29, 1.82) is 5.26 Å². The van der Waals surface area contributed by atoms with Crippen molar-refractivity contribution in [3.05, 3.63) is 42.2 Å². The predicted molar refractivity (Wildman–Crippen MR) is 182 cm³/mol. The van der Waals surface area contributed by atoms with Crippen molar-refractivity contribution in [3.8, 4) is 11.8 Å². The van der Waals surface area contributed by atoms with E-state index in [1.165, 1.54) is 50.7 Å². The molecule has 262 valence electrons. The number of hydrogen-bond donors (Lipinski definition) is 2. The Morgan fingerprint density at radius 2 is 1.94 bits per heavy atom. The standard InChI is InChI=1S/C38H55FN6O3/c1-3-34(46)45-22-21-44(25-29(45)17-19-40)38(28-12-7-5-4-6-8-13-28)31-16-18-37(23-27-11-9-15-32(39)35(27)48-37)24-33(31)41-36(42-38)47-26-30-14-10-20-43(30)2/h3,9,11,15,28-31,33,36,41-42H,1,4-8,10,12-14,16-18,20-26H2,2H3/t29?,30?,31?,33?,36?,37-,38?/m0/s1. The first-order valence-electron chi connectivity index (χ1n) is 18.7. The van der Waals surface area contributed by atoms with Crippen molar-refractivity contribution < 1.29 is 18.7 Å². The molecule has 5 fully saturated rings. The Morgan fingerprint density at radius 1 is 1.12 bits per heavy atom. The molecule has 10 heteroatoms. The Balaban J connectivity index is 1.25. The van der Waals surface area contributed by atoms with Crippen LogP contribution in [-0.4, -0.2) is 96.2 Å². The summed E-state index contributed by atoms with van der Waals surface area (Å²) in [6, 6.07) is 7.98. The highest BCUT2D eigenvalue weighted by atomic mass is 19.1. The van der Waals surface area contributed by atoms with Gasteiger partial charge in [-0.25, -0.2) is 4.39 Å². The van der Waals surface area contributed by atoms with Gasteiger partial charge in [-0.05, 0) is 70.2 Å². The topological polar surface area (TPSA) is 93.1 Å². The zero-order valence-corrected chi connectivity index (χ0v) is 28.8. The number of hydrogen-bond acceptors (Lipinski definition) is 8. The number of nitrogens with one attached hydrogen (secondary N) is 2. The van der Waals surface area contributed by atoms with Crippen molar-refractivity contribution in [2.75, 3.05) is 39.8 Å². The highest BCUT2D eigenvalue weighted by Gasteiger charge is 2.61. The molecule has 4 heterocycles. The summed E-state index contributed by atoms with van der Waals surface area (Å²) in [6.45, 7) is 7.44. The number of likely N-dealkylation sites (tertiary alicyclic amines) is 1. The van der Waals surface area contributed by atoms with Gasteiger partial charge in [0.15, 0.2) is 17.9 Å². The number of rotatable bonds is 7. The monoisotopic (exact) mass is 662 g/mol. The number of likely N-dealkylation sites (N-methyl/N-ethyl adjacent to an activating group) is 1. The molecule has 0 aromatic heterocycles. The molecule has 0 radical (unpaired) electrons. The second-order valence-corrected chi connectivity index (χ2v) is 15.5. The summed E-state index contributed by atoms with van der Waals surface area (Å²) >= 11 is 0. The first kappa shape index (κ1) is 33.9. The first-order chi connectivity index (χ1) is 23.4. The number of para-hydroxylation sites is 1. The van der Waals surface area contributed by atoms with Crippen LogP contribution < -0.4 is 15.4 Å². The minimum Gasteiger partial charge on any atom is -0.484 e. The number of amides is 1. The fourth-order valence-electron chi connectivity index (χ4n) is 10.4. The van der Waals surface area contributed by atoms with Gasteiger partial charge in [0.2, 0.25) is 5.91 Å². The van der Waals surface area contributed by atoms with Crippen molar-refractivity contribution in [3.63, 3.8) is 0 Å². The maximum Gasteiger partial charge on any atom is 0.246 e. The molecule has 1 aromatic rings. The van der Waals surface area contributed by atoms with E-state index in [-0.39, 0.29) is 48.2 Å². The van der Waals surface area contributed by atoms with Crippen molar-refractivity contribution >= 4 is 5.91 Å². The second-order valence-electron chi connectivity index (χ2n) is 15.5. The summed E-state index contributed by atoms with van der Waals surface area (Å²) in [4.78, 5) is 19.9. The number of nitrogens with zero attached hydrogens (tertiary/aromatic N) is 4. The van der Waals surface area contributed by atoms with E-state index in [1.54, 1.807) is 6.07 Å². The Kier molecular flexibility index (Phi) is 10.1. The minimum atomic E-state index is -0.447. The minimum absolute atomic E-state index is 0.0939. The van der Waals surface area contributed by atoms with E-state index in [4.69, 9.17) is 9.47 Å². The number of ether oxygens (including phenoxy) is 2. The lowest BCUT2D eigenvalue weighted by molar-refractivity contribution is -0.190. The summed E-state index contributed by atoms with van der Waals surface area (Å²) in [7, 11) is 2.19. The Hall–Kier alpha value is -2.55. The van der Waals surface area contributed by atoms with Crippen LogP contribution in [0.2, 0.25) is 0 Å². The van der Waals surface area contributed by atoms with E-state index in [1.807, 2.05) is 11.0 Å². The van der Waals surface area contributed by atoms with Gasteiger partial charge in [-0.3, -0.25) is 20.3 Å². The Labute approximate surface area is 286 Å². The lowest BCUT2D eigenvalue weighted by Crippen LogP contribution is -2.82. The van der Waals surface area contributed by atoms with Gasteiger partial charge in [0.05, 0.1) is 30.8 Å². The van der Waals surface area contributed by atoms with Gasteiger partial charge in [0.1, 0.15) is 5.60 Å². The molecule has 2 saturated carbocycles. The summed E-state index contributed by atoms with van der Waals surface area (Å²) in [5, 5.41) is 18.0. The van der Waals surface area contributed by atoms with Crippen LogP contribution in [0.5, 0.6) is 5.75 Å². The van der Waals surface area contributed by atoms with Gasteiger partial charge in [0.25, 0.3) is 0 Å². The summed E-state index contributed by atoms with van der Waals surface area (Å²) in [5.41, 5.74) is 0.139. The molecule has 2 aliphatic carbocycles. The summed E-state index contributed by atoms with van der Waals surface area (Å²) < 4.78 is 28.4. The molecule has 1 amide bonds. The molecule has 0 bridgehead atoms. The molecule has 1 aromatic carbocycles. The van der Waals surface area contributed by atoms with E-state index >= 15 is 0 Å². The fourth-order valence-corrected chi connectivity index (χ4v) is 10.4. The number of piperazine rings is 1. The Bertz CT molecular complexity index is 1360.